The van der Waals surface area contributed by atoms with E-state index in [0.29, 0.717) is 30.3 Å². The second-order valence-corrected chi connectivity index (χ2v) is 8.92. The van der Waals surface area contributed by atoms with Crippen LogP contribution in [0.3, 0.4) is 0 Å². The highest BCUT2D eigenvalue weighted by Gasteiger charge is 2.20. The van der Waals surface area contributed by atoms with E-state index in [1.54, 1.807) is 35.3 Å². The van der Waals surface area contributed by atoms with Crippen molar-refractivity contribution in [2.75, 3.05) is 11.9 Å². The highest BCUT2D eigenvalue weighted by molar-refractivity contribution is 6.15. The summed E-state index contributed by atoms with van der Waals surface area (Å²) in [4.78, 5) is 30.3. The largest absolute Gasteiger partial charge is 0.350 e. The Kier molecular flexibility index (Phi) is 6.79. The van der Waals surface area contributed by atoms with Crippen molar-refractivity contribution in [2.45, 2.75) is 38.6 Å². The third kappa shape index (κ3) is 5.21. The van der Waals surface area contributed by atoms with Crippen LogP contribution in [0.25, 0.3) is 10.8 Å². The molecule has 1 saturated carbocycles. The highest BCUT2D eigenvalue weighted by Crippen LogP contribution is 2.26. The summed E-state index contributed by atoms with van der Waals surface area (Å²) < 4.78 is 1.74. The molecule has 2 heterocycles. The molecule has 1 aliphatic carbocycles. The summed E-state index contributed by atoms with van der Waals surface area (Å²) in [7, 11) is 0. The van der Waals surface area contributed by atoms with Crippen LogP contribution in [0.2, 0.25) is 0 Å². The first-order valence-corrected chi connectivity index (χ1v) is 12.0. The van der Waals surface area contributed by atoms with Crippen molar-refractivity contribution in [2.24, 2.45) is 5.92 Å². The number of anilines is 1. The Morgan fingerprint density at radius 3 is 2.63 bits per heavy atom. The molecule has 0 bridgehead atoms. The molecule has 2 amide bonds. The van der Waals surface area contributed by atoms with E-state index in [0.717, 1.165) is 29.2 Å². The minimum atomic E-state index is -0.303. The summed E-state index contributed by atoms with van der Waals surface area (Å²) in [5.74, 6) is -0.0977. The highest BCUT2D eigenvalue weighted by atomic mass is 16.2. The van der Waals surface area contributed by atoms with Crippen LogP contribution >= 0.6 is 0 Å². The number of benzene rings is 2. The van der Waals surface area contributed by atoms with Crippen molar-refractivity contribution < 1.29 is 9.59 Å². The van der Waals surface area contributed by atoms with Gasteiger partial charge in [0.1, 0.15) is 0 Å². The second-order valence-electron chi connectivity index (χ2n) is 8.92. The molecule has 0 unspecified atom stereocenters. The number of fused-ring (bicyclic) bond motifs is 1. The number of carbonyl (C=O) groups excluding carboxylic acids is 2. The smallest absolute Gasteiger partial charge is 0.272 e. The molecule has 2 N–H and O–H groups in total. The van der Waals surface area contributed by atoms with Crippen LogP contribution in [0, 0.1) is 12.1 Å². The first-order valence-electron chi connectivity index (χ1n) is 12.0. The average molecular weight is 468 g/mol. The summed E-state index contributed by atoms with van der Waals surface area (Å²) in [5.41, 5.74) is 2.08. The van der Waals surface area contributed by atoms with E-state index in [9.17, 15) is 9.59 Å². The van der Waals surface area contributed by atoms with Gasteiger partial charge in [0.05, 0.1) is 24.6 Å². The van der Waals surface area contributed by atoms with E-state index >= 15 is 0 Å². The Bertz CT molecular complexity index is 1330. The summed E-state index contributed by atoms with van der Waals surface area (Å²) in [5, 5.41) is 15.6. The minimum Gasteiger partial charge on any atom is -0.350 e. The minimum absolute atomic E-state index is 0.170. The Morgan fingerprint density at radius 2 is 1.83 bits per heavy atom. The van der Waals surface area contributed by atoms with Gasteiger partial charge in [-0.1, -0.05) is 54.8 Å². The molecule has 1 radical (unpaired) electrons. The van der Waals surface area contributed by atoms with Gasteiger partial charge in [0, 0.05) is 18.3 Å². The predicted octanol–water partition coefficient (Wildman–Crippen LogP) is 4.24. The topological polar surface area (TPSA) is 102 Å². The van der Waals surface area contributed by atoms with E-state index in [1.807, 2.05) is 30.3 Å². The summed E-state index contributed by atoms with van der Waals surface area (Å²) >= 11 is 0. The number of hydrogen-bond acceptors (Lipinski definition) is 5. The molecular weight excluding hydrogens is 440 g/mol. The van der Waals surface area contributed by atoms with Crippen LogP contribution in [0.1, 0.15) is 58.5 Å². The lowest BCUT2D eigenvalue weighted by atomic mass is 9.89. The molecule has 8 heteroatoms. The average Bonchev–Trinajstić information content (AvgIpc) is 3.41. The number of aromatic nitrogens is 4. The van der Waals surface area contributed by atoms with Crippen LogP contribution in [0.5, 0.6) is 0 Å². The quantitative estimate of drug-likeness (QED) is 0.423. The molecular formula is C27H27N6O2. The number of pyridine rings is 1. The molecule has 0 aliphatic heterocycles. The SMILES string of the molecule is O=C(NCC1CCCCC1)c1n[c]ccc1NC(=O)c1ccc(Cn2ccnn2)c2ccccc12. The Hall–Kier alpha value is -4.07. The zero-order chi connectivity index (χ0) is 24.0. The maximum atomic E-state index is 13.3. The van der Waals surface area contributed by atoms with Crippen molar-refractivity contribution in [3.63, 3.8) is 0 Å². The third-order valence-electron chi connectivity index (χ3n) is 6.56. The third-order valence-corrected chi connectivity index (χ3v) is 6.56. The second kappa shape index (κ2) is 10.5. The summed E-state index contributed by atoms with van der Waals surface area (Å²) in [6.07, 6.45) is 12.1. The fourth-order valence-corrected chi connectivity index (χ4v) is 4.73. The van der Waals surface area contributed by atoms with Gasteiger partial charge in [0.15, 0.2) is 5.69 Å². The van der Waals surface area contributed by atoms with Gasteiger partial charge in [-0.05, 0) is 53.3 Å². The lowest BCUT2D eigenvalue weighted by Gasteiger charge is -2.21. The fraction of sp³-hybridized carbons (Fsp3) is 0.296. The molecule has 2 aromatic carbocycles. The molecule has 0 saturated heterocycles. The number of nitrogens with zero attached hydrogens (tertiary/aromatic N) is 4. The van der Waals surface area contributed by atoms with Crippen molar-refractivity contribution in [3.8, 4) is 0 Å². The molecule has 4 aromatic rings. The zero-order valence-corrected chi connectivity index (χ0v) is 19.4. The van der Waals surface area contributed by atoms with E-state index < -0.39 is 0 Å². The number of hydrogen-bond donors (Lipinski definition) is 2. The number of nitrogens with one attached hydrogen (secondary N) is 2. The molecule has 5 rings (SSSR count). The van der Waals surface area contributed by atoms with Gasteiger partial charge in [0.25, 0.3) is 11.8 Å². The van der Waals surface area contributed by atoms with Crippen LogP contribution in [0.4, 0.5) is 5.69 Å². The Morgan fingerprint density at radius 1 is 1.00 bits per heavy atom. The van der Waals surface area contributed by atoms with Gasteiger partial charge in [-0.25, -0.2) is 9.67 Å². The lowest BCUT2D eigenvalue weighted by Crippen LogP contribution is -2.31. The first kappa shape index (κ1) is 22.7. The molecule has 0 atom stereocenters. The molecule has 35 heavy (non-hydrogen) atoms. The van der Waals surface area contributed by atoms with Gasteiger partial charge >= 0.3 is 0 Å². The maximum Gasteiger partial charge on any atom is 0.272 e. The Labute approximate surface area is 203 Å². The summed E-state index contributed by atoms with van der Waals surface area (Å²) in [6, 6.07) is 14.7. The van der Waals surface area contributed by atoms with Crippen molar-refractivity contribution in [3.05, 3.63) is 83.9 Å². The monoisotopic (exact) mass is 467 g/mol. The zero-order valence-electron chi connectivity index (χ0n) is 19.4. The van der Waals surface area contributed by atoms with Gasteiger partial charge in [-0.15, -0.1) is 5.10 Å². The van der Waals surface area contributed by atoms with E-state index in [4.69, 9.17) is 0 Å². The summed E-state index contributed by atoms with van der Waals surface area (Å²) in [6.45, 7) is 1.17. The molecule has 0 spiro atoms. The van der Waals surface area contributed by atoms with Crippen molar-refractivity contribution >= 4 is 28.3 Å². The fourth-order valence-electron chi connectivity index (χ4n) is 4.73. The molecule has 2 aromatic heterocycles. The lowest BCUT2D eigenvalue weighted by molar-refractivity contribution is 0.0939. The van der Waals surface area contributed by atoms with Crippen LogP contribution in [0.15, 0.2) is 60.9 Å². The van der Waals surface area contributed by atoms with Crippen molar-refractivity contribution in [1.82, 2.24) is 25.3 Å². The molecule has 1 aliphatic rings. The molecule has 177 valence electrons. The van der Waals surface area contributed by atoms with Gasteiger partial charge < -0.3 is 10.6 Å². The Balaban J connectivity index is 1.35. The van der Waals surface area contributed by atoms with Gasteiger partial charge in [-0.3, -0.25) is 9.59 Å². The van der Waals surface area contributed by atoms with Crippen LogP contribution < -0.4 is 10.6 Å². The number of rotatable bonds is 7. The van der Waals surface area contributed by atoms with Crippen LogP contribution in [-0.4, -0.2) is 38.3 Å². The van der Waals surface area contributed by atoms with E-state index in [-0.39, 0.29) is 17.5 Å². The predicted molar refractivity (Wildman–Crippen MR) is 133 cm³/mol. The standard InChI is InChI=1S/C27H27N6O2/c34-26(23-13-12-20(18-33-16-15-30-32-33)21-9-4-5-10-22(21)23)31-24-11-6-14-28-25(24)27(35)29-17-19-7-2-1-3-8-19/h4-6,9-13,15-16,19H,1-3,7-8,17-18H2,(H,29,35)(H,31,34). The number of carbonyl (C=O) groups is 2. The van der Waals surface area contributed by atoms with Crippen LogP contribution in [-0.2, 0) is 6.54 Å². The van der Waals surface area contributed by atoms with Gasteiger partial charge in [-0.2, -0.15) is 0 Å². The normalized spacial score (nSPS) is 14.1. The number of amides is 2. The van der Waals surface area contributed by atoms with Gasteiger partial charge in [0.2, 0.25) is 0 Å². The van der Waals surface area contributed by atoms with E-state index in [1.165, 1.54) is 19.3 Å². The van der Waals surface area contributed by atoms with Crippen molar-refractivity contribution in [1.29, 1.82) is 0 Å². The first-order chi connectivity index (χ1) is 17.2. The van der Waals surface area contributed by atoms with E-state index in [2.05, 4.69) is 32.1 Å². The molecule has 1 fully saturated rings. The molecule has 8 nitrogen and oxygen atoms in total. The maximum absolute atomic E-state index is 13.3.